The van der Waals surface area contributed by atoms with Gasteiger partial charge in [0.2, 0.25) is 0 Å². The Balaban J connectivity index is 2.09. The highest BCUT2D eigenvalue weighted by Gasteiger charge is 2.32. The lowest BCUT2D eigenvalue weighted by atomic mass is 10.1. The monoisotopic (exact) mass is 355 g/mol. The molecule has 25 heavy (non-hydrogen) atoms. The number of anilines is 1. The molecule has 1 amide bonds. The van der Waals surface area contributed by atoms with Crippen LogP contribution in [0.3, 0.4) is 0 Å². The zero-order valence-corrected chi connectivity index (χ0v) is 15.4. The normalized spacial score (nSPS) is 18.3. The molecule has 0 aromatic heterocycles. The maximum Gasteiger partial charge on any atom is 0.258 e. The van der Waals surface area contributed by atoms with E-state index in [0.29, 0.717) is 5.56 Å². The van der Waals surface area contributed by atoms with E-state index in [4.69, 9.17) is 0 Å². The molecule has 0 aliphatic carbocycles. The third-order valence-corrected chi connectivity index (χ3v) is 5.59. The lowest BCUT2D eigenvalue weighted by Gasteiger charge is -2.28. The molecule has 0 saturated heterocycles. The quantitative estimate of drug-likeness (QED) is 0.846. The Morgan fingerprint density at radius 3 is 2.24 bits per heavy atom. The van der Waals surface area contributed by atoms with Gasteiger partial charge in [0.15, 0.2) is 9.84 Å². The Hall–Kier alpha value is -2.40. The van der Waals surface area contributed by atoms with Gasteiger partial charge in [0, 0.05) is 16.7 Å². The molecule has 0 fully saturated rings. The van der Waals surface area contributed by atoms with Gasteiger partial charge in [-0.15, -0.1) is 0 Å². The van der Waals surface area contributed by atoms with Gasteiger partial charge < -0.3 is 4.90 Å². The largest absolute Gasteiger partial charge is 0.300 e. The van der Waals surface area contributed by atoms with Crippen LogP contribution in [0.1, 0.15) is 27.0 Å². The SMILES string of the molecule is Cc1cccc(C(=O)N(c2cc(C)cc(C)c2)[C@H]2C=CS(=O)(=O)C2)c1. The number of sulfone groups is 1. The molecule has 0 saturated carbocycles. The molecule has 2 aromatic rings. The minimum atomic E-state index is -3.27. The summed E-state index contributed by atoms with van der Waals surface area (Å²) in [7, 11) is -3.27. The van der Waals surface area contributed by atoms with E-state index in [1.165, 1.54) is 5.41 Å². The Kier molecular flexibility index (Phi) is 4.52. The number of carbonyl (C=O) groups is 1. The molecule has 2 aromatic carbocycles. The van der Waals surface area contributed by atoms with Gasteiger partial charge >= 0.3 is 0 Å². The number of rotatable bonds is 3. The Morgan fingerprint density at radius 1 is 1.00 bits per heavy atom. The number of aryl methyl sites for hydroxylation is 3. The Bertz CT molecular complexity index is 940. The van der Waals surface area contributed by atoms with Gasteiger partial charge in [-0.05, 0) is 62.2 Å². The molecule has 3 rings (SSSR count). The van der Waals surface area contributed by atoms with E-state index in [2.05, 4.69) is 0 Å². The molecule has 1 aliphatic rings. The van der Waals surface area contributed by atoms with Crippen molar-refractivity contribution in [2.45, 2.75) is 26.8 Å². The fraction of sp³-hybridized carbons (Fsp3) is 0.250. The van der Waals surface area contributed by atoms with Crippen molar-refractivity contribution in [3.63, 3.8) is 0 Å². The van der Waals surface area contributed by atoms with Gasteiger partial charge in [0.05, 0.1) is 11.8 Å². The number of amides is 1. The Morgan fingerprint density at radius 2 is 1.68 bits per heavy atom. The molecule has 1 aliphatic heterocycles. The smallest absolute Gasteiger partial charge is 0.258 e. The summed E-state index contributed by atoms with van der Waals surface area (Å²) < 4.78 is 23.8. The van der Waals surface area contributed by atoms with Crippen molar-refractivity contribution in [3.8, 4) is 0 Å². The van der Waals surface area contributed by atoms with Crippen molar-refractivity contribution in [2.75, 3.05) is 10.7 Å². The number of nitrogens with zero attached hydrogens (tertiary/aromatic N) is 1. The van der Waals surface area contributed by atoms with Gasteiger partial charge in [0.25, 0.3) is 5.91 Å². The van der Waals surface area contributed by atoms with Gasteiger partial charge in [-0.3, -0.25) is 4.79 Å². The standard InChI is InChI=1S/C20H21NO3S/c1-14-5-4-6-17(10-14)20(22)21(18-7-8-25(23,24)13-18)19-11-15(2)9-16(3)12-19/h4-12,18H,13H2,1-3H3/t18-/m0/s1. The van der Waals surface area contributed by atoms with Crippen LogP contribution >= 0.6 is 0 Å². The predicted octanol–water partition coefficient (Wildman–Crippen LogP) is 3.57. The van der Waals surface area contributed by atoms with Crippen LogP contribution in [-0.2, 0) is 9.84 Å². The second-order valence-electron chi connectivity index (χ2n) is 6.62. The topological polar surface area (TPSA) is 54.5 Å². The first-order valence-corrected chi connectivity index (χ1v) is 9.86. The highest BCUT2D eigenvalue weighted by Crippen LogP contribution is 2.27. The van der Waals surface area contributed by atoms with Gasteiger partial charge in [-0.2, -0.15) is 0 Å². The summed E-state index contributed by atoms with van der Waals surface area (Å²) in [6.45, 7) is 5.86. The number of hydrogen-bond acceptors (Lipinski definition) is 3. The zero-order valence-electron chi connectivity index (χ0n) is 14.6. The van der Waals surface area contributed by atoms with Crippen molar-refractivity contribution in [1.29, 1.82) is 0 Å². The van der Waals surface area contributed by atoms with E-state index < -0.39 is 15.9 Å². The maximum absolute atomic E-state index is 13.2. The molecule has 4 nitrogen and oxygen atoms in total. The second-order valence-corrected chi connectivity index (χ2v) is 8.55. The van der Waals surface area contributed by atoms with Crippen LogP contribution in [0.4, 0.5) is 5.69 Å². The van der Waals surface area contributed by atoms with Crippen LogP contribution in [0.5, 0.6) is 0 Å². The van der Waals surface area contributed by atoms with E-state index in [1.54, 1.807) is 17.0 Å². The summed E-state index contributed by atoms with van der Waals surface area (Å²) >= 11 is 0. The fourth-order valence-corrected chi connectivity index (χ4v) is 4.45. The average molecular weight is 355 g/mol. The molecular weight excluding hydrogens is 334 g/mol. The van der Waals surface area contributed by atoms with E-state index >= 15 is 0 Å². The van der Waals surface area contributed by atoms with Crippen LogP contribution < -0.4 is 4.90 Å². The second kappa shape index (κ2) is 6.48. The summed E-state index contributed by atoms with van der Waals surface area (Å²) in [4.78, 5) is 14.8. The van der Waals surface area contributed by atoms with Crippen LogP contribution in [0.15, 0.2) is 53.9 Å². The molecule has 1 atom stereocenters. The number of hydrogen-bond donors (Lipinski definition) is 0. The summed E-state index contributed by atoms with van der Waals surface area (Å²) in [5.74, 6) is -0.280. The molecular formula is C20H21NO3S. The van der Waals surface area contributed by atoms with Gasteiger partial charge in [0.1, 0.15) is 0 Å². The third-order valence-electron chi connectivity index (χ3n) is 4.21. The zero-order chi connectivity index (χ0) is 18.2. The lowest BCUT2D eigenvalue weighted by Crippen LogP contribution is -2.41. The summed E-state index contributed by atoms with van der Waals surface area (Å²) in [5, 5.41) is 1.21. The molecule has 1 heterocycles. The summed E-state index contributed by atoms with van der Waals surface area (Å²) in [5.41, 5.74) is 4.32. The van der Waals surface area contributed by atoms with E-state index in [9.17, 15) is 13.2 Å². The molecule has 0 unspecified atom stereocenters. The van der Waals surface area contributed by atoms with Crippen molar-refractivity contribution in [3.05, 3.63) is 76.2 Å². The fourth-order valence-electron chi connectivity index (χ4n) is 3.19. The average Bonchev–Trinajstić information content (AvgIpc) is 2.86. The van der Waals surface area contributed by atoms with E-state index in [0.717, 1.165) is 22.4 Å². The highest BCUT2D eigenvalue weighted by atomic mass is 32.2. The van der Waals surface area contributed by atoms with Crippen LogP contribution in [-0.4, -0.2) is 26.1 Å². The van der Waals surface area contributed by atoms with Crippen LogP contribution in [0, 0.1) is 20.8 Å². The van der Waals surface area contributed by atoms with Crippen molar-refractivity contribution in [2.24, 2.45) is 0 Å². The summed E-state index contributed by atoms with van der Waals surface area (Å²) in [6.07, 6.45) is 1.60. The molecule has 0 bridgehead atoms. The predicted molar refractivity (Wildman–Crippen MR) is 101 cm³/mol. The first kappa shape index (κ1) is 17.4. The van der Waals surface area contributed by atoms with Gasteiger partial charge in [-0.25, -0.2) is 8.42 Å². The van der Waals surface area contributed by atoms with E-state index in [-0.39, 0.29) is 11.7 Å². The number of carbonyl (C=O) groups excluding carboxylic acids is 1. The maximum atomic E-state index is 13.2. The molecule has 130 valence electrons. The minimum absolute atomic E-state index is 0.0858. The molecule has 0 N–H and O–H groups in total. The van der Waals surface area contributed by atoms with Crippen LogP contribution in [0.25, 0.3) is 0 Å². The van der Waals surface area contributed by atoms with Crippen molar-refractivity contribution >= 4 is 21.4 Å². The molecule has 5 heteroatoms. The molecule has 0 radical (unpaired) electrons. The minimum Gasteiger partial charge on any atom is -0.300 e. The first-order valence-electron chi connectivity index (χ1n) is 8.15. The highest BCUT2D eigenvalue weighted by molar-refractivity contribution is 7.94. The van der Waals surface area contributed by atoms with Gasteiger partial charge in [-0.1, -0.05) is 23.8 Å². The van der Waals surface area contributed by atoms with Crippen molar-refractivity contribution in [1.82, 2.24) is 0 Å². The lowest BCUT2D eigenvalue weighted by molar-refractivity contribution is 0.0983. The summed E-state index contributed by atoms with van der Waals surface area (Å²) in [6, 6.07) is 12.7. The van der Waals surface area contributed by atoms with Crippen molar-refractivity contribution < 1.29 is 13.2 Å². The Labute approximate surface area is 148 Å². The van der Waals surface area contributed by atoms with E-state index in [1.807, 2.05) is 57.2 Å². The van der Waals surface area contributed by atoms with Crippen LogP contribution in [0.2, 0.25) is 0 Å². The third kappa shape index (κ3) is 3.82. The molecule has 0 spiro atoms. The first-order chi connectivity index (χ1) is 11.7. The number of benzene rings is 2.